The molecule has 1 rings (SSSR count). The number of carboxylic acid groups (broad SMARTS) is 1. The number of carbonyl (C=O) groups excluding carboxylic acids is 1. The van der Waals surface area contributed by atoms with Crippen LogP contribution < -0.4 is 10.6 Å². The number of hydrogen-bond acceptors (Lipinski definition) is 3. The molecule has 1 aliphatic rings. The standard InChI is InChI=1S/C13H24N2O3/c1-4-13(6-5-7-14-9-13)11(18)15-12(2,3)8-10(16)17/h14H,4-9H2,1-3H3,(H,15,18)(H,16,17). The van der Waals surface area contributed by atoms with Gasteiger partial charge in [0.15, 0.2) is 0 Å². The van der Waals surface area contributed by atoms with Crippen LogP contribution >= 0.6 is 0 Å². The quantitative estimate of drug-likeness (QED) is 0.689. The first kappa shape index (κ1) is 15.0. The number of carboxylic acids is 1. The Balaban J connectivity index is 2.70. The molecule has 1 atom stereocenters. The first-order chi connectivity index (χ1) is 8.31. The Morgan fingerprint density at radius 2 is 2.11 bits per heavy atom. The fourth-order valence-corrected chi connectivity index (χ4v) is 2.49. The van der Waals surface area contributed by atoms with Crippen LogP contribution in [0.1, 0.15) is 46.5 Å². The summed E-state index contributed by atoms with van der Waals surface area (Å²) < 4.78 is 0. The minimum atomic E-state index is -0.896. The average Bonchev–Trinajstić information content (AvgIpc) is 2.27. The Morgan fingerprint density at radius 3 is 2.56 bits per heavy atom. The molecule has 5 heteroatoms. The van der Waals surface area contributed by atoms with Crippen molar-refractivity contribution in [2.24, 2.45) is 5.41 Å². The van der Waals surface area contributed by atoms with E-state index >= 15 is 0 Å². The topological polar surface area (TPSA) is 78.4 Å². The van der Waals surface area contributed by atoms with Crippen LogP contribution in [0.25, 0.3) is 0 Å². The van der Waals surface area contributed by atoms with Crippen LogP contribution in [-0.4, -0.2) is 35.6 Å². The van der Waals surface area contributed by atoms with Crippen LogP contribution in [0, 0.1) is 5.41 Å². The zero-order chi connectivity index (χ0) is 13.8. The Bertz CT molecular complexity index is 320. The second-order valence-corrected chi connectivity index (χ2v) is 5.82. The number of amides is 1. The molecular formula is C13H24N2O3. The SMILES string of the molecule is CCC1(C(=O)NC(C)(C)CC(=O)O)CCCNC1. The number of piperidine rings is 1. The molecule has 1 saturated heterocycles. The highest BCUT2D eigenvalue weighted by Crippen LogP contribution is 2.31. The minimum absolute atomic E-state index is 0.0246. The van der Waals surface area contributed by atoms with Gasteiger partial charge >= 0.3 is 5.97 Å². The van der Waals surface area contributed by atoms with Gasteiger partial charge in [-0.25, -0.2) is 0 Å². The molecule has 5 nitrogen and oxygen atoms in total. The molecule has 1 aliphatic heterocycles. The normalized spacial score (nSPS) is 24.6. The third kappa shape index (κ3) is 3.70. The van der Waals surface area contributed by atoms with Gasteiger partial charge in [-0.2, -0.15) is 0 Å². The number of carbonyl (C=O) groups is 2. The predicted molar refractivity (Wildman–Crippen MR) is 69.3 cm³/mol. The predicted octanol–water partition coefficient (Wildman–Crippen LogP) is 1.14. The van der Waals surface area contributed by atoms with Gasteiger partial charge in [-0.15, -0.1) is 0 Å². The lowest BCUT2D eigenvalue weighted by atomic mass is 9.77. The summed E-state index contributed by atoms with van der Waals surface area (Å²) in [6.07, 6.45) is 2.56. The van der Waals surface area contributed by atoms with Gasteiger partial charge in [-0.05, 0) is 39.7 Å². The molecule has 104 valence electrons. The zero-order valence-corrected chi connectivity index (χ0v) is 11.5. The third-order valence-corrected chi connectivity index (χ3v) is 3.68. The molecule has 1 fully saturated rings. The van der Waals surface area contributed by atoms with Gasteiger partial charge in [0.05, 0.1) is 11.8 Å². The lowest BCUT2D eigenvalue weighted by Crippen LogP contribution is -2.55. The molecule has 0 bridgehead atoms. The highest BCUT2D eigenvalue weighted by atomic mass is 16.4. The van der Waals surface area contributed by atoms with Crippen molar-refractivity contribution >= 4 is 11.9 Å². The summed E-state index contributed by atoms with van der Waals surface area (Å²) in [5.74, 6) is -0.920. The maximum absolute atomic E-state index is 12.4. The molecule has 0 spiro atoms. The van der Waals surface area contributed by atoms with E-state index in [1.54, 1.807) is 13.8 Å². The van der Waals surface area contributed by atoms with E-state index in [0.29, 0.717) is 6.54 Å². The molecule has 0 saturated carbocycles. The van der Waals surface area contributed by atoms with Gasteiger partial charge in [-0.3, -0.25) is 9.59 Å². The second kappa shape index (κ2) is 5.69. The van der Waals surface area contributed by atoms with Crippen molar-refractivity contribution in [3.63, 3.8) is 0 Å². The van der Waals surface area contributed by atoms with Crippen LogP contribution in [0.2, 0.25) is 0 Å². The summed E-state index contributed by atoms with van der Waals surface area (Å²) in [6.45, 7) is 7.14. The highest BCUT2D eigenvalue weighted by molar-refractivity contribution is 5.84. The van der Waals surface area contributed by atoms with Crippen molar-refractivity contribution in [3.8, 4) is 0 Å². The summed E-state index contributed by atoms with van der Waals surface area (Å²) in [7, 11) is 0. The molecular weight excluding hydrogens is 232 g/mol. The lowest BCUT2D eigenvalue weighted by Gasteiger charge is -2.38. The number of nitrogens with one attached hydrogen (secondary N) is 2. The maximum atomic E-state index is 12.4. The van der Waals surface area contributed by atoms with Gasteiger partial charge in [0.2, 0.25) is 5.91 Å². The smallest absolute Gasteiger partial charge is 0.305 e. The van der Waals surface area contributed by atoms with E-state index < -0.39 is 11.5 Å². The van der Waals surface area contributed by atoms with Gasteiger partial charge in [-0.1, -0.05) is 6.92 Å². The summed E-state index contributed by atoms with van der Waals surface area (Å²) in [5.41, 5.74) is -1.09. The average molecular weight is 256 g/mol. The Hall–Kier alpha value is -1.10. The van der Waals surface area contributed by atoms with E-state index in [2.05, 4.69) is 10.6 Å². The van der Waals surface area contributed by atoms with Gasteiger partial charge in [0.1, 0.15) is 0 Å². The Labute approximate surface area is 108 Å². The molecule has 18 heavy (non-hydrogen) atoms. The van der Waals surface area contributed by atoms with Gasteiger partial charge < -0.3 is 15.7 Å². The van der Waals surface area contributed by atoms with Crippen LogP contribution in [0.5, 0.6) is 0 Å². The molecule has 0 aromatic heterocycles. The molecule has 0 aromatic rings. The third-order valence-electron chi connectivity index (χ3n) is 3.68. The van der Waals surface area contributed by atoms with E-state index in [1.165, 1.54) is 0 Å². The van der Waals surface area contributed by atoms with E-state index in [0.717, 1.165) is 25.8 Å². The van der Waals surface area contributed by atoms with Crippen molar-refractivity contribution in [1.82, 2.24) is 10.6 Å². The molecule has 0 radical (unpaired) electrons. The van der Waals surface area contributed by atoms with Crippen molar-refractivity contribution < 1.29 is 14.7 Å². The first-order valence-corrected chi connectivity index (χ1v) is 6.56. The van der Waals surface area contributed by atoms with Crippen molar-refractivity contribution in [3.05, 3.63) is 0 Å². The summed E-state index contributed by atoms with van der Waals surface area (Å²) in [5, 5.41) is 15.0. The van der Waals surface area contributed by atoms with E-state index in [-0.39, 0.29) is 17.7 Å². The van der Waals surface area contributed by atoms with Gasteiger partial charge in [0.25, 0.3) is 0 Å². The van der Waals surface area contributed by atoms with Crippen LogP contribution in [0.4, 0.5) is 0 Å². The molecule has 3 N–H and O–H groups in total. The van der Waals surface area contributed by atoms with Crippen molar-refractivity contribution in [2.75, 3.05) is 13.1 Å². The lowest BCUT2D eigenvalue weighted by molar-refractivity contribution is -0.140. The molecule has 1 unspecified atom stereocenters. The van der Waals surface area contributed by atoms with Crippen molar-refractivity contribution in [2.45, 2.75) is 52.0 Å². The highest BCUT2D eigenvalue weighted by Gasteiger charge is 2.40. The Morgan fingerprint density at radius 1 is 1.44 bits per heavy atom. The summed E-state index contributed by atoms with van der Waals surface area (Å²) in [4.78, 5) is 23.2. The first-order valence-electron chi connectivity index (χ1n) is 6.56. The zero-order valence-electron chi connectivity index (χ0n) is 11.5. The molecule has 1 heterocycles. The Kier molecular flexibility index (Phi) is 4.73. The second-order valence-electron chi connectivity index (χ2n) is 5.82. The van der Waals surface area contributed by atoms with Crippen LogP contribution in [0.3, 0.4) is 0 Å². The summed E-state index contributed by atoms with van der Waals surface area (Å²) in [6, 6.07) is 0. The summed E-state index contributed by atoms with van der Waals surface area (Å²) >= 11 is 0. The monoisotopic (exact) mass is 256 g/mol. The van der Waals surface area contributed by atoms with Crippen molar-refractivity contribution in [1.29, 1.82) is 0 Å². The van der Waals surface area contributed by atoms with E-state index in [9.17, 15) is 9.59 Å². The van der Waals surface area contributed by atoms with E-state index in [4.69, 9.17) is 5.11 Å². The fourth-order valence-electron chi connectivity index (χ4n) is 2.49. The number of rotatable bonds is 5. The number of aliphatic carboxylic acids is 1. The van der Waals surface area contributed by atoms with Gasteiger partial charge in [0, 0.05) is 12.1 Å². The number of hydrogen-bond donors (Lipinski definition) is 3. The fraction of sp³-hybridized carbons (Fsp3) is 0.846. The minimum Gasteiger partial charge on any atom is -0.481 e. The molecule has 0 aliphatic carbocycles. The van der Waals surface area contributed by atoms with Crippen LogP contribution in [-0.2, 0) is 9.59 Å². The van der Waals surface area contributed by atoms with Crippen LogP contribution in [0.15, 0.2) is 0 Å². The molecule has 1 amide bonds. The molecule has 0 aromatic carbocycles. The largest absolute Gasteiger partial charge is 0.481 e. The maximum Gasteiger partial charge on any atom is 0.305 e. The van der Waals surface area contributed by atoms with E-state index in [1.807, 2.05) is 6.92 Å².